The molecule has 1 aliphatic rings. The van der Waals surface area contributed by atoms with Crippen LogP contribution in [0.3, 0.4) is 0 Å². The molecule has 2 aromatic carbocycles. The van der Waals surface area contributed by atoms with Crippen molar-refractivity contribution < 1.29 is 5.11 Å². The topological polar surface area (TPSA) is 23.5 Å². The van der Waals surface area contributed by atoms with Gasteiger partial charge in [-0.25, -0.2) is 0 Å². The molecule has 2 atom stereocenters. The average Bonchev–Trinajstić information content (AvgIpc) is 2.44. The molecule has 0 aromatic heterocycles. The monoisotopic (exact) mass is 269 g/mol. The van der Waals surface area contributed by atoms with Crippen LogP contribution in [0.25, 0.3) is 10.8 Å². The van der Waals surface area contributed by atoms with E-state index in [1.807, 2.05) is 0 Å². The predicted octanol–water partition coefficient (Wildman–Crippen LogP) is 3.23. The minimum atomic E-state index is -0.559. The molecular formula is C18H23NO. The summed E-state index contributed by atoms with van der Waals surface area (Å²) in [6, 6.07) is 15.3. The number of hydrogen-bond acceptors (Lipinski definition) is 2. The molecule has 2 heteroatoms. The van der Waals surface area contributed by atoms with Crippen LogP contribution >= 0.6 is 0 Å². The van der Waals surface area contributed by atoms with E-state index in [0.29, 0.717) is 6.04 Å². The molecule has 0 radical (unpaired) electrons. The summed E-state index contributed by atoms with van der Waals surface area (Å²) in [5.74, 6) is 0. The van der Waals surface area contributed by atoms with Crippen LogP contribution in [0.1, 0.15) is 25.3 Å². The summed E-state index contributed by atoms with van der Waals surface area (Å²) in [6.45, 7) is 3.18. The fourth-order valence-electron chi connectivity index (χ4n) is 3.37. The van der Waals surface area contributed by atoms with E-state index in [9.17, 15) is 5.11 Å². The lowest BCUT2D eigenvalue weighted by atomic mass is 9.81. The van der Waals surface area contributed by atoms with E-state index in [-0.39, 0.29) is 0 Å². The first-order valence-electron chi connectivity index (χ1n) is 7.47. The van der Waals surface area contributed by atoms with E-state index in [0.717, 1.165) is 25.8 Å². The molecule has 2 unspecified atom stereocenters. The van der Waals surface area contributed by atoms with E-state index in [1.165, 1.54) is 16.3 Å². The molecule has 2 nitrogen and oxygen atoms in total. The highest BCUT2D eigenvalue weighted by Gasteiger charge is 2.35. The Kier molecular flexibility index (Phi) is 3.53. The first-order valence-corrected chi connectivity index (χ1v) is 7.47. The Morgan fingerprint density at radius 1 is 1.20 bits per heavy atom. The molecule has 3 rings (SSSR count). The molecule has 20 heavy (non-hydrogen) atoms. The third kappa shape index (κ3) is 2.58. The summed E-state index contributed by atoms with van der Waals surface area (Å²) in [5, 5.41) is 13.5. The van der Waals surface area contributed by atoms with Gasteiger partial charge in [0.05, 0.1) is 5.60 Å². The second kappa shape index (κ2) is 5.19. The molecule has 1 fully saturated rings. The number of hydrogen-bond donors (Lipinski definition) is 1. The molecule has 0 amide bonds. The quantitative estimate of drug-likeness (QED) is 0.905. The summed E-state index contributed by atoms with van der Waals surface area (Å²) in [6.07, 6.45) is 2.47. The third-order valence-electron chi connectivity index (χ3n) is 4.76. The number of nitrogens with zero attached hydrogens (tertiary/aromatic N) is 1. The summed E-state index contributed by atoms with van der Waals surface area (Å²) < 4.78 is 0. The van der Waals surface area contributed by atoms with Crippen molar-refractivity contribution >= 4 is 10.8 Å². The van der Waals surface area contributed by atoms with Gasteiger partial charge in [-0.05, 0) is 43.1 Å². The van der Waals surface area contributed by atoms with E-state index >= 15 is 0 Å². The maximum atomic E-state index is 10.9. The van der Waals surface area contributed by atoms with E-state index < -0.39 is 5.60 Å². The number of piperidine rings is 1. The fourth-order valence-corrected chi connectivity index (χ4v) is 3.37. The van der Waals surface area contributed by atoms with Gasteiger partial charge in [0.1, 0.15) is 0 Å². The standard InChI is InChI=1S/C18H23NO/c1-14-12-18(20,10-11-19(14)2)13-16-8-5-7-15-6-3-4-9-17(15)16/h3-9,14,20H,10-13H2,1-2H3. The van der Waals surface area contributed by atoms with Crippen molar-refractivity contribution in [2.75, 3.05) is 13.6 Å². The van der Waals surface area contributed by atoms with E-state index in [4.69, 9.17) is 0 Å². The third-order valence-corrected chi connectivity index (χ3v) is 4.76. The fraction of sp³-hybridized carbons (Fsp3) is 0.444. The summed E-state index contributed by atoms with van der Waals surface area (Å²) in [5.41, 5.74) is 0.707. The first-order chi connectivity index (χ1) is 9.57. The highest BCUT2D eigenvalue weighted by Crippen LogP contribution is 2.31. The van der Waals surface area contributed by atoms with Crippen LogP contribution in [0.15, 0.2) is 42.5 Å². The minimum absolute atomic E-state index is 0.448. The van der Waals surface area contributed by atoms with Gasteiger partial charge in [0.25, 0.3) is 0 Å². The SMILES string of the molecule is CC1CC(O)(Cc2cccc3ccccc23)CCN1C. The molecule has 2 aromatic rings. The van der Waals surface area contributed by atoms with Crippen LogP contribution in [0.2, 0.25) is 0 Å². The van der Waals surface area contributed by atoms with Gasteiger partial charge in [0.15, 0.2) is 0 Å². The second-order valence-corrected chi connectivity index (χ2v) is 6.32. The van der Waals surface area contributed by atoms with Gasteiger partial charge in [0, 0.05) is 19.0 Å². The summed E-state index contributed by atoms with van der Waals surface area (Å²) in [4.78, 5) is 2.33. The van der Waals surface area contributed by atoms with Gasteiger partial charge < -0.3 is 10.0 Å². The number of aliphatic hydroxyl groups is 1. The largest absolute Gasteiger partial charge is 0.389 e. The van der Waals surface area contributed by atoms with Crippen molar-refractivity contribution in [2.45, 2.75) is 37.8 Å². The van der Waals surface area contributed by atoms with E-state index in [1.54, 1.807) is 0 Å². The molecule has 0 aliphatic carbocycles. The first kappa shape index (κ1) is 13.6. The summed E-state index contributed by atoms with van der Waals surface area (Å²) in [7, 11) is 2.14. The zero-order valence-electron chi connectivity index (χ0n) is 12.3. The molecule has 1 N–H and O–H groups in total. The van der Waals surface area contributed by atoms with Crippen LogP contribution in [0.5, 0.6) is 0 Å². The van der Waals surface area contributed by atoms with Crippen molar-refractivity contribution in [3.05, 3.63) is 48.0 Å². The lowest BCUT2D eigenvalue weighted by molar-refractivity contribution is -0.0351. The molecule has 0 spiro atoms. The lowest BCUT2D eigenvalue weighted by Crippen LogP contribution is -2.48. The van der Waals surface area contributed by atoms with Gasteiger partial charge in [0.2, 0.25) is 0 Å². The van der Waals surface area contributed by atoms with Crippen LogP contribution in [-0.4, -0.2) is 35.2 Å². The second-order valence-electron chi connectivity index (χ2n) is 6.32. The number of likely N-dealkylation sites (tertiary alicyclic amines) is 1. The smallest absolute Gasteiger partial charge is 0.0715 e. The van der Waals surface area contributed by atoms with Gasteiger partial charge >= 0.3 is 0 Å². The van der Waals surface area contributed by atoms with Crippen LogP contribution in [-0.2, 0) is 6.42 Å². The molecule has 1 heterocycles. The molecule has 106 valence electrons. The lowest BCUT2D eigenvalue weighted by Gasteiger charge is -2.41. The Labute approximate surface area is 121 Å². The Bertz CT molecular complexity index is 604. The number of fused-ring (bicyclic) bond motifs is 1. The highest BCUT2D eigenvalue weighted by molar-refractivity contribution is 5.85. The highest BCUT2D eigenvalue weighted by atomic mass is 16.3. The van der Waals surface area contributed by atoms with Crippen molar-refractivity contribution in [1.82, 2.24) is 4.90 Å². The van der Waals surface area contributed by atoms with Crippen LogP contribution in [0, 0.1) is 0 Å². The van der Waals surface area contributed by atoms with Gasteiger partial charge in [-0.1, -0.05) is 42.5 Å². The van der Waals surface area contributed by atoms with Crippen molar-refractivity contribution in [1.29, 1.82) is 0 Å². The Hall–Kier alpha value is -1.38. The molecule has 0 bridgehead atoms. The van der Waals surface area contributed by atoms with Crippen LogP contribution in [0.4, 0.5) is 0 Å². The minimum Gasteiger partial charge on any atom is -0.389 e. The normalized spacial score (nSPS) is 27.9. The zero-order valence-corrected chi connectivity index (χ0v) is 12.3. The van der Waals surface area contributed by atoms with Crippen molar-refractivity contribution in [3.63, 3.8) is 0 Å². The van der Waals surface area contributed by atoms with Gasteiger partial charge in [-0.2, -0.15) is 0 Å². The molecule has 1 saturated heterocycles. The molecular weight excluding hydrogens is 246 g/mol. The molecule has 0 saturated carbocycles. The number of rotatable bonds is 2. The maximum Gasteiger partial charge on any atom is 0.0715 e. The van der Waals surface area contributed by atoms with Crippen molar-refractivity contribution in [2.24, 2.45) is 0 Å². The predicted molar refractivity (Wildman–Crippen MR) is 83.9 cm³/mol. The number of benzene rings is 2. The van der Waals surface area contributed by atoms with Crippen LogP contribution < -0.4 is 0 Å². The zero-order chi connectivity index (χ0) is 14.2. The average molecular weight is 269 g/mol. The van der Waals surface area contributed by atoms with Crippen molar-refractivity contribution in [3.8, 4) is 0 Å². The Morgan fingerprint density at radius 2 is 1.95 bits per heavy atom. The Balaban J connectivity index is 1.89. The van der Waals surface area contributed by atoms with E-state index in [2.05, 4.69) is 61.3 Å². The van der Waals surface area contributed by atoms with Gasteiger partial charge in [-0.3, -0.25) is 0 Å². The summed E-state index contributed by atoms with van der Waals surface area (Å²) >= 11 is 0. The molecule has 1 aliphatic heterocycles. The maximum absolute atomic E-state index is 10.9. The van der Waals surface area contributed by atoms with Gasteiger partial charge in [-0.15, -0.1) is 0 Å². The Morgan fingerprint density at radius 3 is 2.75 bits per heavy atom.